The molecule has 2 rings (SSSR count). The molecule has 2 unspecified atom stereocenters. The first-order chi connectivity index (χ1) is 8.74. The molecule has 5 nitrogen and oxygen atoms in total. The van der Waals surface area contributed by atoms with E-state index in [2.05, 4.69) is 27.6 Å². The highest BCUT2D eigenvalue weighted by Crippen LogP contribution is 2.34. The van der Waals surface area contributed by atoms with Crippen LogP contribution in [0.15, 0.2) is 17.3 Å². The summed E-state index contributed by atoms with van der Waals surface area (Å²) in [5, 5.41) is 10.9. The summed E-state index contributed by atoms with van der Waals surface area (Å²) in [6.07, 6.45) is 5.67. The van der Waals surface area contributed by atoms with Crippen LogP contribution in [0.3, 0.4) is 0 Å². The van der Waals surface area contributed by atoms with Crippen molar-refractivity contribution in [3.8, 4) is 0 Å². The number of hydrogen-bond acceptors (Lipinski definition) is 2. The van der Waals surface area contributed by atoms with Crippen molar-refractivity contribution < 1.29 is 0 Å². The highest BCUT2D eigenvalue weighted by molar-refractivity contribution is 5.80. The zero-order valence-corrected chi connectivity index (χ0v) is 11.5. The third-order valence-corrected chi connectivity index (χ3v) is 3.49. The van der Waals surface area contributed by atoms with Crippen LogP contribution in [0.2, 0.25) is 0 Å². The molecule has 2 N–H and O–H groups in total. The topological polar surface area (TPSA) is 54.2 Å². The summed E-state index contributed by atoms with van der Waals surface area (Å²) in [6.45, 7) is 2.99. The van der Waals surface area contributed by atoms with Crippen LogP contribution in [0.1, 0.15) is 31.9 Å². The Labute approximate surface area is 109 Å². The monoisotopic (exact) mass is 249 g/mol. The molecule has 0 spiro atoms. The number of aryl methyl sites for hydroxylation is 1. The van der Waals surface area contributed by atoms with Gasteiger partial charge in [-0.05, 0) is 24.8 Å². The maximum atomic E-state index is 4.26. The molecular formula is C13H23N5. The van der Waals surface area contributed by atoms with E-state index in [-0.39, 0.29) is 0 Å². The van der Waals surface area contributed by atoms with Crippen LogP contribution in [0, 0.1) is 5.92 Å². The number of nitrogens with zero attached hydrogens (tertiary/aromatic N) is 3. The normalized spacial score (nSPS) is 22.9. The summed E-state index contributed by atoms with van der Waals surface area (Å²) in [5.74, 6) is 1.73. The molecule has 1 saturated carbocycles. The van der Waals surface area contributed by atoms with Crippen molar-refractivity contribution in [2.45, 2.75) is 38.8 Å². The second-order valence-electron chi connectivity index (χ2n) is 4.91. The van der Waals surface area contributed by atoms with E-state index in [9.17, 15) is 0 Å². The SMILES string of the molecule is CCCC1CC1NC(=NC)NCc1ccnn1C. The van der Waals surface area contributed by atoms with Crippen molar-refractivity contribution in [1.82, 2.24) is 20.4 Å². The minimum absolute atomic E-state index is 0.614. The lowest BCUT2D eigenvalue weighted by molar-refractivity contribution is 0.648. The molecule has 0 amide bonds. The van der Waals surface area contributed by atoms with Crippen molar-refractivity contribution in [1.29, 1.82) is 0 Å². The van der Waals surface area contributed by atoms with Gasteiger partial charge in [0.25, 0.3) is 0 Å². The summed E-state index contributed by atoms with van der Waals surface area (Å²) in [4.78, 5) is 4.26. The zero-order valence-electron chi connectivity index (χ0n) is 11.5. The first-order valence-corrected chi connectivity index (χ1v) is 6.68. The van der Waals surface area contributed by atoms with Crippen LogP contribution in [0.25, 0.3) is 0 Å². The Balaban J connectivity index is 1.76. The van der Waals surface area contributed by atoms with E-state index in [4.69, 9.17) is 0 Å². The summed E-state index contributed by atoms with van der Waals surface area (Å²) in [5.41, 5.74) is 1.15. The second kappa shape index (κ2) is 5.89. The third kappa shape index (κ3) is 3.24. The first-order valence-electron chi connectivity index (χ1n) is 6.68. The highest BCUT2D eigenvalue weighted by atomic mass is 15.3. The minimum Gasteiger partial charge on any atom is -0.353 e. The lowest BCUT2D eigenvalue weighted by Crippen LogP contribution is -2.39. The van der Waals surface area contributed by atoms with Crippen LogP contribution >= 0.6 is 0 Å². The largest absolute Gasteiger partial charge is 0.353 e. The van der Waals surface area contributed by atoms with Gasteiger partial charge in [-0.25, -0.2) is 0 Å². The lowest BCUT2D eigenvalue weighted by Gasteiger charge is -2.11. The molecule has 0 bridgehead atoms. The highest BCUT2D eigenvalue weighted by Gasteiger charge is 2.36. The molecule has 1 aliphatic carbocycles. The summed E-state index contributed by atoms with van der Waals surface area (Å²) in [6, 6.07) is 2.62. The molecule has 0 aromatic carbocycles. The van der Waals surface area contributed by atoms with Crippen molar-refractivity contribution in [2.24, 2.45) is 18.0 Å². The fourth-order valence-corrected chi connectivity index (χ4v) is 2.23. The van der Waals surface area contributed by atoms with E-state index in [1.54, 1.807) is 0 Å². The van der Waals surface area contributed by atoms with Gasteiger partial charge in [-0.15, -0.1) is 0 Å². The van der Waals surface area contributed by atoms with Gasteiger partial charge in [0.1, 0.15) is 0 Å². The molecule has 1 fully saturated rings. The smallest absolute Gasteiger partial charge is 0.191 e. The Hall–Kier alpha value is -1.52. The Kier molecular flexibility index (Phi) is 4.23. The van der Waals surface area contributed by atoms with E-state index >= 15 is 0 Å². The molecule has 1 aromatic rings. The van der Waals surface area contributed by atoms with Crippen molar-refractivity contribution in [2.75, 3.05) is 7.05 Å². The molecule has 0 radical (unpaired) electrons. The van der Waals surface area contributed by atoms with E-state index in [0.29, 0.717) is 6.04 Å². The Morgan fingerprint density at radius 2 is 2.44 bits per heavy atom. The maximum Gasteiger partial charge on any atom is 0.191 e. The lowest BCUT2D eigenvalue weighted by atomic mass is 10.2. The predicted molar refractivity (Wildman–Crippen MR) is 73.3 cm³/mol. The number of aromatic nitrogens is 2. The first kappa shape index (κ1) is 12.9. The van der Waals surface area contributed by atoms with Gasteiger partial charge in [-0.3, -0.25) is 9.67 Å². The van der Waals surface area contributed by atoms with Crippen molar-refractivity contribution in [3.63, 3.8) is 0 Å². The Bertz CT molecular complexity index is 409. The minimum atomic E-state index is 0.614. The molecule has 2 atom stereocenters. The molecule has 18 heavy (non-hydrogen) atoms. The van der Waals surface area contributed by atoms with Gasteiger partial charge < -0.3 is 10.6 Å². The van der Waals surface area contributed by atoms with Crippen LogP contribution in [0.5, 0.6) is 0 Å². The van der Waals surface area contributed by atoms with Gasteiger partial charge >= 0.3 is 0 Å². The van der Waals surface area contributed by atoms with Gasteiger partial charge in [-0.1, -0.05) is 13.3 Å². The quantitative estimate of drug-likeness (QED) is 0.610. The zero-order chi connectivity index (χ0) is 13.0. The Morgan fingerprint density at radius 1 is 1.61 bits per heavy atom. The molecular weight excluding hydrogens is 226 g/mol. The third-order valence-electron chi connectivity index (χ3n) is 3.49. The van der Waals surface area contributed by atoms with Crippen LogP contribution < -0.4 is 10.6 Å². The molecule has 1 heterocycles. The Morgan fingerprint density at radius 3 is 3.06 bits per heavy atom. The maximum absolute atomic E-state index is 4.26. The molecule has 5 heteroatoms. The van der Waals surface area contributed by atoms with Crippen LogP contribution in [0.4, 0.5) is 0 Å². The number of aliphatic imine (C=N–C) groups is 1. The second-order valence-corrected chi connectivity index (χ2v) is 4.91. The van der Waals surface area contributed by atoms with Crippen LogP contribution in [-0.2, 0) is 13.6 Å². The van der Waals surface area contributed by atoms with E-state index in [1.807, 2.05) is 31.0 Å². The predicted octanol–water partition coefficient (Wildman–Crippen LogP) is 1.27. The van der Waals surface area contributed by atoms with Gasteiger partial charge in [0.05, 0.1) is 12.2 Å². The standard InChI is InChI=1S/C13H23N5/c1-4-5-10-8-12(10)17-13(14-2)15-9-11-6-7-16-18(11)3/h6-7,10,12H,4-5,8-9H2,1-3H3,(H2,14,15,17). The van der Waals surface area contributed by atoms with Crippen molar-refractivity contribution in [3.05, 3.63) is 18.0 Å². The van der Waals surface area contributed by atoms with Gasteiger partial charge in [0, 0.05) is 26.3 Å². The molecule has 100 valence electrons. The summed E-state index contributed by atoms with van der Waals surface area (Å²) in [7, 11) is 3.77. The van der Waals surface area contributed by atoms with Gasteiger partial charge in [-0.2, -0.15) is 5.10 Å². The summed E-state index contributed by atoms with van der Waals surface area (Å²) >= 11 is 0. The van der Waals surface area contributed by atoms with E-state index < -0.39 is 0 Å². The molecule has 0 saturated heterocycles. The van der Waals surface area contributed by atoms with E-state index in [1.165, 1.54) is 19.3 Å². The number of nitrogens with one attached hydrogen (secondary N) is 2. The number of hydrogen-bond donors (Lipinski definition) is 2. The number of rotatable bonds is 5. The fourth-order valence-electron chi connectivity index (χ4n) is 2.23. The van der Waals surface area contributed by atoms with Crippen LogP contribution in [-0.4, -0.2) is 28.8 Å². The van der Waals surface area contributed by atoms with Gasteiger partial charge in [0.2, 0.25) is 0 Å². The molecule has 1 aromatic heterocycles. The fraction of sp³-hybridized carbons (Fsp3) is 0.692. The van der Waals surface area contributed by atoms with Crippen molar-refractivity contribution >= 4 is 5.96 Å². The molecule has 1 aliphatic rings. The van der Waals surface area contributed by atoms with E-state index in [0.717, 1.165) is 24.1 Å². The number of guanidine groups is 1. The van der Waals surface area contributed by atoms with Gasteiger partial charge in [0.15, 0.2) is 5.96 Å². The average molecular weight is 249 g/mol. The summed E-state index contributed by atoms with van der Waals surface area (Å²) < 4.78 is 1.87. The average Bonchev–Trinajstić information content (AvgIpc) is 2.96. The molecule has 0 aliphatic heterocycles.